The van der Waals surface area contributed by atoms with Crippen molar-refractivity contribution in [3.63, 3.8) is 0 Å². The van der Waals surface area contributed by atoms with Crippen LogP contribution in [0.4, 0.5) is 0 Å². The predicted molar refractivity (Wildman–Crippen MR) is 53.2 cm³/mol. The first-order chi connectivity index (χ1) is 2.41. The fourth-order valence-corrected chi connectivity index (χ4v) is 0. The van der Waals surface area contributed by atoms with Crippen molar-refractivity contribution in [2.24, 2.45) is 0 Å². The summed E-state index contributed by atoms with van der Waals surface area (Å²) in [4.78, 5) is 3.22. The van der Waals surface area contributed by atoms with Crippen LogP contribution in [0.2, 0.25) is 0 Å². The molecule has 6 heavy (non-hydrogen) atoms. The summed E-state index contributed by atoms with van der Waals surface area (Å²) in [6, 6.07) is 0. The van der Waals surface area contributed by atoms with Crippen LogP contribution in [0.3, 0.4) is 0 Å². The molecule has 0 aliphatic carbocycles. The topological polar surface area (TPSA) is 0 Å². The molecule has 0 heterocycles. The molecule has 0 unspecified atom stereocenters. The van der Waals surface area contributed by atoms with E-state index in [4.69, 9.17) is 0 Å². The molecule has 36 valence electrons. The van der Waals surface area contributed by atoms with Crippen LogP contribution >= 0.6 is 62.5 Å². The average Bonchev–Trinajstić information content (AvgIpc) is 1.46. The number of hydrogen-bond acceptors (Lipinski definition) is 0. The van der Waals surface area contributed by atoms with Gasteiger partial charge in [-0.1, -0.05) is 0 Å². The van der Waals surface area contributed by atoms with Gasteiger partial charge in [0, 0.05) is 25.8 Å². The van der Waals surface area contributed by atoms with E-state index >= 15 is 0 Å². The van der Waals surface area contributed by atoms with Crippen LogP contribution in [0.25, 0.3) is 0 Å². The predicted octanol–water partition coefficient (Wildman–Crippen LogP) is 2.60. The van der Waals surface area contributed by atoms with Crippen LogP contribution < -0.4 is 0 Å². The minimum absolute atomic E-state index is 0. The molecule has 0 saturated heterocycles. The third-order valence-corrected chi connectivity index (χ3v) is 0. The molecule has 0 aliphatic rings. The Balaban J connectivity index is -0.0000000275. The van der Waals surface area contributed by atoms with Gasteiger partial charge in [0.15, 0.2) is 0 Å². The second-order valence-electron chi connectivity index (χ2n) is 0.0639. The van der Waals surface area contributed by atoms with Gasteiger partial charge in [0.1, 0.15) is 0 Å². The fourth-order valence-electron chi connectivity index (χ4n) is 0. The summed E-state index contributed by atoms with van der Waals surface area (Å²) in [5.41, 5.74) is 0. The van der Waals surface area contributed by atoms with Gasteiger partial charge < -0.3 is 22.6 Å². The maximum absolute atomic E-state index is 3.22. The Bertz CT molecular complexity index is 10.8. The molecule has 0 aromatic carbocycles. The van der Waals surface area contributed by atoms with Crippen LogP contribution in [-0.2, 0) is 9.47 Å². The Labute approximate surface area is 100 Å². The van der Waals surface area contributed by atoms with E-state index in [0.29, 0.717) is 9.47 Å². The summed E-state index contributed by atoms with van der Waals surface area (Å²) in [5.74, 6) is 0. The van der Waals surface area contributed by atoms with E-state index in [1.54, 1.807) is 0 Å². The maximum Gasteiger partial charge on any atom is 0 e. The quantitative estimate of drug-likeness (QED) is 0.316. The Kier molecular flexibility index (Phi) is 63.7. The molecule has 0 bridgehead atoms. The Hall–Kier alpha value is 3.64. The monoisotopic (exact) mass is 561 g/mol. The molecule has 0 nitrogen and oxygen atoms in total. The second-order valence-corrected chi connectivity index (χ2v) is 11.9. The molecule has 0 spiro atoms. The van der Waals surface area contributed by atoms with Crippen molar-refractivity contribution in [1.82, 2.24) is 0 Å². The first kappa shape index (κ1) is 16.3. The smallest absolute Gasteiger partial charge is 0 e. The van der Waals surface area contributed by atoms with Crippen molar-refractivity contribution in [1.29, 1.82) is 0 Å². The van der Waals surface area contributed by atoms with Crippen LogP contribution in [0.1, 0.15) is 0 Å². The molecule has 0 amide bonds. The van der Waals surface area contributed by atoms with E-state index in [2.05, 4.69) is 44.9 Å². The summed E-state index contributed by atoms with van der Waals surface area (Å²) < 4.78 is 0. The first-order valence-corrected chi connectivity index (χ1v) is 11.1. The van der Waals surface area contributed by atoms with Crippen LogP contribution in [0, 0.1) is 4.93 Å². The fraction of sp³-hybridized carbons (Fsp3) is 0. The molecule has 0 fully saturated rings. The van der Waals surface area contributed by atoms with Crippen molar-refractivity contribution in [3.8, 4) is 0 Å². The van der Waals surface area contributed by atoms with Gasteiger partial charge >= 0.3 is 49.4 Å². The van der Waals surface area contributed by atoms with E-state index in [0.717, 1.165) is 0 Å². The van der Waals surface area contributed by atoms with Crippen LogP contribution in [-0.4, -0.2) is 25.8 Å². The Morgan fingerprint density at radius 1 is 1.17 bits per heavy atom. The summed E-state index contributed by atoms with van der Waals surface area (Å²) in [6.45, 7) is 0. The third kappa shape index (κ3) is 25.4. The van der Waals surface area contributed by atoms with Gasteiger partial charge in [-0.05, 0) is 0 Å². The zero-order valence-electron chi connectivity index (χ0n) is 2.87. The zero-order valence-corrected chi connectivity index (χ0v) is 14.0. The van der Waals surface area contributed by atoms with Gasteiger partial charge in [-0.3, -0.25) is 4.93 Å². The van der Waals surface area contributed by atoms with Crippen molar-refractivity contribution < 1.29 is 9.47 Å². The largest absolute Gasteiger partial charge is 0 e. The minimum Gasteiger partial charge on any atom is 0 e. The summed E-state index contributed by atoms with van der Waals surface area (Å²) in [7, 11) is 0.628. The molecule has 0 aliphatic heterocycles. The maximum atomic E-state index is 3.22. The van der Waals surface area contributed by atoms with Crippen LogP contribution in [0.15, 0.2) is 0 Å². The molecule has 0 aromatic heterocycles. The first-order valence-electron chi connectivity index (χ1n) is 0.605. The van der Waals surface area contributed by atoms with Gasteiger partial charge in [0.05, 0.1) is 0 Å². The van der Waals surface area contributed by atoms with Gasteiger partial charge in [0.2, 0.25) is 0 Å². The summed E-state index contributed by atoms with van der Waals surface area (Å²) >= 11 is 6.64. The normalized spacial score (nSPS) is 3.33. The molecule has 0 rings (SSSR count). The average molecular weight is 561 g/mol. The van der Waals surface area contributed by atoms with Crippen molar-refractivity contribution in [2.45, 2.75) is 0 Å². The SMILES string of the molecule is [CH2-]I.[I][V][I].[In]. The number of halogens is 3. The summed E-state index contributed by atoms with van der Waals surface area (Å²) in [5, 5.41) is 0. The Morgan fingerprint density at radius 2 is 1.17 bits per heavy atom. The third-order valence-electron chi connectivity index (χ3n) is 0. The van der Waals surface area contributed by atoms with Crippen molar-refractivity contribution in [2.75, 3.05) is 0 Å². The van der Waals surface area contributed by atoms with Gasteiger partial charge in [-0.15, -0.1) is 0 Å². The molecule has 0 aromatic rings. The standard InChI is InChI=1S/CH2I.2HI.In.V/c1-2;;;;/h1H2;2*1H;;/q-1;;;;+2/p-2. The van der Waals surface area contributed by atoms with Crippen molar-refractivity contribution in [3.05, 3.63) is 4.93 Å². The van der Waals surface area contributed by atoms with E-state index in [1.165, 1.54) is 0 Å². The van der Waals surface area contributed by atoms with Crippen molar-refractivity contribution >= 4 is 88.4 Å². The molecule has 0 N–H and O–H groups in total. The van der Waals surface area contributed by atoms with Gasteiger partial charge in [0.25, 0.3) is 0 Å². The Morgan fingerprint density at radius 3 is 1.17 bits per heavy atom. The second kappa shape index (κ2) is 23.4. The van der Waals surface area contributed by atoms with Crippen LogP contribution in [0.5, 0.6) is 0 Å². The van der Waals surface area contributed by atoms with E-state index in [9.17, 15) is 0 Å². The van der Waals surface area contributed by atoms with E-state index in [-0.39, 0.29) is 25.8 Å². The minimum atomic E-state index is 0. The van der Waals surface area contributed by atoms with E-state index in [1.807, 2.05) is 22.6 Å². The van der Waals surface area contributed by atoms with Gasteiger partial charge in [-0.2, -0.15) is 0 Å². The molecule has 5 heteroatoms. The van der Waals surface area contributed by atoms with Gasteiger partial charge in [-0.25, -0.2) is 0 Å². The summed E-state index contributed by atoms with van der Waals surface area (Å²) in [6.07, 6.45) is 0. The molecule has 3 radical (unpaired) electrons. The number of rotatable bonds is 0. The van der Waals surface area contributed by atoms with E-state index < -0.39 is 0 Å². The molecular formula is CH2I3InV-. The number of hydrogen-bond donors (Lipinski definition) is 0. The zero-order chi connectivity index (χ0) is 4.71. The molecule has 0 atom stereocenters. The molecule has 0 saturated carbocycles. The molecular weight excluding hydrogens is 558 g/mol.